The maximum Gasteiger partial charge on any atom is 0.236 e. The Morgan fingerprint density at radius 1 is 0.952 bits per heavy atom. The van der Waals surface area contributed by atoms with Gasteiger partial charge in [0.05, 0.1) is 18.0 Å². The molecule has 3 rings (SSSR count). The lowest BCUT2D eigenvalue weighted by Gasteiger charge is -2.41. The normalized spacial score (nSPS) is 35.7. The van der Waals surface area contributed by atoms with Crippen LogP contribution in [0.25, 0.3) is 0 Å². The Morgan fingerprint density at radius 3 is 2.00 bits per heavy atom. The van der Waals surface area contributed by atoms with Gasteiger partial charge in [-0.25, -0.2) is 4.99 Å². The van der Waals surface area contributed by atoms with Gasteiger partial charge in [-0.15, -0.1) is 11.6 Å². The van der Waals surface area contributed by atoms with Gasteiger partial charge in [0.1, 0.15) is 5.71 Å². The largest absolute Gasteiger partial charge is 0.462 e. The van der Waals surface area contributed by atoms with Gasteiger partial charge >= 0.3 is 0 Å². The molecule has 0 N–H and O–H groups in total. The van der Waals surface area contributed by atoms with Crippen molar-refractivity contribution in [3.05, 3.63) is 0 Å². The summed E-state index contributed by atoms with van der Waals surface area (Å²) in [5, 5.41) is 0. The second kappa shape index (κ2) is 6.68. The predicted octanol–water partition coefficient (Wildman–Crippen LogP) is 4.52. The Morgan fingerprint density at radius 2 is 1.48 bits per heavy atom. The third kappa shape index (κ3) is 3.44. The quantitative estimate of drug-likeness (QED) is 0.706. The summed E-state index contributed by atoms with van der Waals surface area (Å²) >= 11 is 6.10. The summed E-state index contributed by atoms with van der Waals surface area (Å²) in [5.74, 6) is 1.25. The molecule has 0 amide bonds. The molecule has 2 aliphatic carbocycles. The van der Waals surface area contributed by atoms with Crippen molar-refractivity contribution in [2.45, 2.75) is 88.8 Å². The molecule has 1 heterocycles. The first kappa shape index (κ1) is 15.3. The molecule has 0 spiro atoms. The number of ether oxygens (including phenoxy) is 1. The van der Waals surface area contributed by atoms with Gasteiger partial charge in [-0.2, -0.15) is 0 Å². The van der Waals surface area contributed by atoms with E-state index in [1.807, 2.05) is 6.92 Å². The summed E-state index contributed by atoms with van der Waals surface area (Å²) < 4.78 is 5.92. The van der Waals surface area contributed by atoms with E-state index in [0.29, 0.717) is 18.0 Å². The molecule has 0 bridgehead atoms. The van der Waals surface area contributed by atoms with Crippen LogP contribution in [0.15, 0.2) is 9.98 Å². The molecule has 3 nitrogen and oxygen atoms in total. The third-order valence-corrected chi connectivity index (χ3v) is 5.55. The van der Waals surface area contributed by atoms with E-state index in [9.17, 15) is 0 Å². The van der Waals surface area contributed by atoms with Crippen LogP contribution in [0, 0.1) is 0 Å². The topological polar surface area (TPSA) is 34.0 Å². The zero-order valence-corrected chi connectivity index (χ0v) is 13.9. The minimum atomic E-state index is -0.410. The van der Waals surface area contributed by atoms with Gasteiger partial charge in [0.25, 0.3) is 0 Å². The van der Waals surface area contributed by atoms with E-state index in [4.69, 9.17) is 26.3 Å². The number of nitrogens with zero attached hydrogens (tertiary/aromatic N) is 2. The van der Waals surface area contributed by atoms with Gasteiger partial charge < -0.3 is 4.74 Å². The Hall–Kier alpha value is -0.570. The smallest absolute Gasteiger partial charge is 0.236 e. The van der Waals surface area contributed by atoms with E-state index >= 15 is 0 Å². The third-order valence-electron chi connectivity index (χ3n) is 5.04. The average Bonchev–Trinajstić information content (AvgIpc) is 2.54. The number of hydrogen-bond acceptors (Lipinski definition) is 3. The van der Waals surface area contributed by atoms with Crippen molar-refractivity contribution in [3.63, 3.8) is 0 Å². The highest BCUT2D eigenvalue weighted by Gasteiger charge is 2.48. The maximum atomic E-state index is 6.10. The fourth-order valence-corrected chi connectivity index (χ4v) is 3.81. The van der Waals surface area contributed by atoms with E-state index in [1.54, 1.807) is 0 Å². The zero-order chi connectivity index (χ0) is 14.7. The van der Waals surface area contributed by atoms with Gasteiger partial charge in [-0.05, 0) is 32.6 Å². The Balaban J connectivity index is 1.74. The van der Waals surface area contributed by atoms with Crippen LogP contribution in [0.2, 0.25) is 0 Å². The molecule has 3 aliphatic rings. The van der Waals surface area contributed by atoms with Crippen LogP contribution in [0.1, 0.15) is 71.1 Å². The molecule has 1 aliphatic heterocycles. The van der Waals surface area contributed by atoms with Crippen LogP contribution < -0.4 is 0 Å². The molecule has 0 aromatic heterocycles. The number of rotatable bonds is 3. The minimum absolute atomic E-state index is 0.410. The van der Waals surface area contributed by atoms with Crippen molar-refractivity contribution in [2.75, 3.05) is 5.88 Å². The molecule has 2 saturated carbocycles. The molecule has 118 valence electrons. The molecular formula is C17H27ClN2O. The predicted molar refractivity (Wildman–Crippen MR) is 88.8 cm³/mol. The first-order valence-electron chi connectivity index (χ1n) is 8.63. The molecule has 0 aromatic rings. The van der Waals surface area contributed by atoms with Crippen molar-refractivity contribution in [1.29, 1.82) is 0 Å². The van der Waals surface area contributed by atoms with Crippen LogP contribution in [0.4, 0.5) is 0 Å². The van der Waals surface area contributed by atoms with Crippen LogP contribution in [-0.2, 0) is 4.74 Å². The summed E-state index contributed by atoms with van der Waals surface area (Å²) in [6, 6.07) is 0.891. The molecule has 0 aromatic carbocycles. The molecule has 3 fully saturated rings. The van der Waals surface area contributed by atoms with Gasteiger partial charge in [-0.1, -0.05) is 38.5 Å². The van der Waals surface area contributed by atoms with E-state index in [0.717, 1.165) is 11.6 Å². The lowest BCUT2D eigenvalue weighted by Crippen LogP contribution is -2.58. The number of alkyl halides is 1. The van der Waals surface area contributed by atoms with Crippen LogP contribution in [0.3, 0.4) is 0 Å². The van der Waals surface area contributed by atoms with Crippen LogP contribution in [0.5, 0.6) is 0 Å². The van der Waals surface area contributed by atoms with E-state index in [-0.39, 0.29) is 0 Å². The molecular weight excluding hydrogens is 284 g/mol. The maximum absolute atomic E-state index is 6.10. The SMILES string of the molecule is CC1(CCl)OC(=NC2CCCCC2)C1=NC1CCCCC1. The van der Waals surface area contributed by atoms with Crippen molar-refractivity contribution in [3.8, 4) is 0 Å². The minimum Gasteiger partial charge on any atom is -0.462 e. The fourth-order valence-electron chi connectivity index (χ4n) is 3.63. The Kier molecular flexibility index (Phi) is 4.88. The first-order valence-corrected chi connectivity index (χ1v) is 9.16. The van der Waals surface area contributed by atoms with E-state index in [2.05, 4.69) is 0 Å². The standard InChI is InChI=1S/C17H27ClN2O/c1-17(12-18)15(19-13-8-4-2-5-9-13)16(21-17)20-14-10-6-3-7-11-14/h13-14H,2-12H2,1H3. The number of hydrogen-bond donors (Lipinski definition) is 0. The summed E-state index contributed by atoms with van der Waals surface area (Å²) in [6.45, 7) is 2.04. The molecule has 0 radical (unpaired) electrons. The summed E-state index contributed by atoms with van der Waals surface area (Å²) in [4.78, 5) is 9.83. The van der Waals surface area contributed by atoms with Crippen molar-refractivity contribution < 1.29 is 4.74 Å². The number of aliphatic imine (C=N–C) groups is 2. The van der Waals surface area contributed by atoms with Gasteiger partial charge in [0, 0.05) is 0 Å². The van der Waals surface area contributed by atoms with Crippen molar-refractivity contribution >= 4 is 23.2 Å². The second-order valence-electron chi connectivity index (χ2n) is 6.96. The highest BCUT2D eigenvalue weighted by molar-refractivity contribution is 6.49. The van der Waals surface area contributed by atoms with Gasteiger partial charge in [0.15, 0.2) is 5.60 Å². The number of halogens is 1. The van der Waals surface area contributed by atoms with Crippen molar-refractivity contribution in [1.82, 2.24) is 0 Å². The van der Waals surface area contributed by atoms with Crippen LogP contribution >= 0.6 is 11.6 Å². The lowest BCUT2D eigenvalue weighted by atomic mass is 9.91. The Labute approximate surface area is 133 Å². The van der Waals surface area contributed by atoms with Crippen molar-refractivity contribution in [2.24, 2.45) is 9.98 Å². The average molecular weight is 311 g/mol. The highest BCUT2D eigenvalue weighted by Crippen LogP contribution is 2.32. The van der Waals surface area contributed by atoms with E-state index in [1.165, 1.54) is 64.2 Å². The zero-order valence-electron chi connectivity index (χ0n) is 13.1. The van der Waals surface area contributed by atoms with Crippen LogP contribution in [-0.4, -0.2) is 35.2 Å². The summed E-state index contributed by atoms with van der Waals surface area (Å²) in [5.41, 5.74) is 0.627. The van der Waals surface area contributed by atoms with E-state index < -0.39 is 5.60 Å². The summed E-state index contributed by atoms with van der Waals surface area (Å²) in [7, 11) is 0. The summed E-state index contributed by atoms with van der Waals surface area (Å²) in [6.07, 6.45) is 12.7. The molecule has 1 unspecified atom stereocenters. The second-order valence-corrected chi connectivity index (χ2v) is 7.23. The molecule has 4 heteroatoms. The Bertz CT molecular complexity index is 423. The molecule has 21 heavy (non-hydrogen) atoms. The van der Waals surface area contributed by atoms with Gasteiger partial charge in [-0.3, -0.25) is 4.99 Å². The van der Waals surface area contributed by atoms with Gasteiger partial charge in [0.2, 0.25) is 5.90 Å². The first-order chi connectivity index (χ1) is 10.2. The molecule has 1 atom stereocenters. The lowest BCUT2D eigenvalue weighted by molar-refractivity contribution is 0.136. The monoisotopic (exact) mass is 310 g/mol. The molecule has 1 saturated heterocycles. The highest BCUT2D eigenvalue weighted by atomic mass is 35.5. The fraction of sp³-hybridized carbons (Fsp3) is 0.882.